The second kappa shape index (κ2) is 2.70. The molecule has 0 atom stereocenters. The van der Waals surface area contributed by atoms with Gasteiger partial charge >= 0.3 is 0 Å². The van der Waals surface area contributed by atoms with Crippen LogP contribution >= 0.6 is 0 Å². The molecule has 0 fully saturated rings. The molecule has 4 N–H and O–H groups in total. The van der Waals surface area contributed by atoms with Gasteiger partial charge < -0.3 is 16.0 Å². The van der Waals surface area contributed by atoms with Crippen molar-refractivity contribution in [2.75, 3.05) is 5.73 Å². The van der Waals surface area contributed by atoms with Gasteiger partial charge in [0.2, 0.25) is 0 Å². The Morgan fingerprint density at radius 2 is 2.40 bits per heavy atom. The van der Waals surface area contributed by atoms with Gasteiger partial charge in [0.25, 0.3) is 0 Å². The van der Waals surface area contributed by atoms with Crippen LogP contribution in [0, 0.1) is 0 Å². The van der Waals surface area contributed by atoms with Crippen LogP contribution in [0.4, 0.5) is 5.82 Å². The first-order valence-electron chi connectivity index (χ1n) is 3.29. The maximum absolute atomic E-state index is 5.44. The summed E-state index contributed by atoms with van der Waals surface area (Å²) in [5, 5.41) is 0. The van der Waals surface area contributed by atoms with Crippen LogP contribution in [0.1, 0.15) is 12.7 Å². The van der Waals surface area contributed by atoms with Gasteiger partial charge in [-0.2, -0.15) is 0 Å². The average molecular weight is 140 g/mol. The Bertz CT molecular complexity index is 194. The van der Waals surface area contributed by atoms with E-state index in [0.29, 0.717) is 12.4 Å². The highest BCUT2D eigenvalue weighted by atomic mass is 15.1. The summed E-state index contributed by atoms with van der Waals surface area (Å²) in [4.78, 5) is 4.02. The topological polar surface area (TPSA) is 69.9 Å². The number of nitrogens with zero attached hydrogens (tertiary/aromatic N) is 2. The average Bonchev–Trinajstić information content (AvgIpc) is 2.30. The fourth-order valence-electron chi connectivity index (χ4n) is 0.913. The summed E-state index contributed by atoms with van der Waals surface area (Å²) in [5.41, 5.74) is 10.8. The van der Waals surface area contributed by atoms with Crippen molar-refractivity contribution in [3.63, 3.8) is 0 Å². The molecule has 56 valence electrons. The van der Waals surface area contributed by atoms with Gasteiger partial charge in [0, 0.05) is 12.7 Å². The van der Waals surface area contributed by atoms with E-state index in [1.807, 2.05) is 11.5 Å². The van der Waals surface area contributed by atoms with E-state index in [1.54, 1.807) is 6.20 Å². The summed E-state index contributed by atoms with van der Waals surface area (Å²) >= 11 is 0. The number of imidazole rings is 1. The zero-order valence-corrected chi connectivity index (χ0v) is 6.04. The molecule has 0 saturated heterocycles. The highest BCUT2D eigenvalue weighted by Gasteiger charge is 2.00. The van der Waals surface area contributed by atoms with Crippen molar-refractivity contribution >= 4 is 5.82 Å². The van der Waals surface area contributed by atoms with Crippen LogP contribution in [0.15, 0.2) is 6.20 Å². The number of rotatable bonds is 2. The van der Waals surface area contributed by atoms with Crippen LogP contribution in [-0.2, 0) is 13.1 Å². The molecule has 10 heavy (non-hydrogen) atoms. The van der Waals surface area contributed by atoms with Gasteiger partial charge in [-0.15, -0.1) is 0 Å². The third kappa shape index (κ3) is 1.11. The molecule has 4 heteroatoms. The first-order chi connectivity index (χ1) is 4.77. The Hall–Kier alpha value is -1.03. The summed E-state index contributed by atoms with van der Waals surface area (Å²) < 4.78 is 1.94. The summed E-state index contributed by atoms with van der Waals surface area (Å²) in [7, 11) is 0. The minimum Gasteiger partial charge on any atom is -0.382 e. The van der Waals surface area contributed by atoms with E-state index < -0.39 is 0 Å². The Balaban J connectivity index is 2.96. The second-order valence-electron chi connectivity index (χ2n) is 2.07. The molecule has 1 rings (SSSR count). The third-order valence-corrected chi connectivity index (χ3v) is 1.40. The smallest absolute Gasteiger partial charge is 0.141 e. The molecule has 0 aliphatic carbocycles. The van der Waals surface area contributed by atoms with E-state index in [9.17, 15) is 0 Å². The molecule has 0 radical (unpaired) electrons. The van der Waals surface area contributed by atoms with Crippen molar-refractivity contribution in [2.45, 2.75) is 20.0 Å². The van der Waals surface area contributed by atoms with Gasteiger partial charge in [-0.1, -0.05) is 0 Å². The van der Waals surface area contributed by atoms with Gasteiger partial charge in [-0.05, 0) is 6.92 Å². The first-order valence-corrected chi connectivity index (χ1v) is 3.29. The molecule has 0 amide bonds. The van der Waals surface area contributed by atoms with Crippen molar-refractivity contribution in [2.24, 2.45) is 5.73 Å². The minimum absolute atomic E-state index is 0.449. The molecule has 4 nitrogen and oxygen atoms in total. The molecule has 0 bridgehead atoms. The SMILES string of the molecule is CCn1cc(N)nc1CN. The standard InChI is InChI=1S/C6H12N4/c1-2-10-4-5(8)9-6(10)3-7/h4H,2-3,7-8H2,1H3. The Morgan fingerprint density at radius 3 is 2.80 bits per heavy atom. The van der Waals surface area contributed by atoms with Crippen LogP contribution in [0.5, 0.6) is 0 Å². The van der Waals surface area contributed by atoms with E-state index in [0.717, 1.165) is 12.4 Å². The van der Waals surface area contributed by atoms with Crippen LogP contribution in [0.25, 0.3) is 0 Å². The maximum atomic E-state index is 5.44. The quantitative estimate of drug-likeness (QED) is 0.604. The molecule has 1 heterocycles. The minimum atomic E-state index is 0.449. The van der Waals surface area contributed by atoms with E-state index in [2.05, 4.69) is 4.98 Å². The van der Waals surface area contributed by atoms with Crippen LogP contribution in [0.3, 0.4) is 0 Å². The third-order valence-electron chi connectivity index (χ3n) is 1.40. The number of aryl methyl sites for hydroxylation is 1. The Labute approximate surface area is 59.8 Å². The van der Waals surface area contributed by atoms with Crippen LogP contribution in [-0.4, -0.2) is 9.55 Å². The monoisotopic (exact) mass is 140 g/mol. The lowest BCUT2D eigenvalue weighted by Gasteiger charge is -1.98. The van der Waals surface area contributed by atoms with Crippen molar-refractivity contribution in [3.8, 4) is 0 Å². The second-order valence-corrected chi connectivity index (χ2v) is 2.07. The highest BCUT2D eigenvalue weighted by Crippen LogP contribution is 2.02. The van der Waals surface area contributed by atoms with Crippen LogP contribution < -0.4 is 11.5 Å². The molecule has 0 aromatic carbocycles. The van der Waals surface area contributed by atoms with Gasteiger partial charge in [-0.25, -0.2) is 4.98 Å². The summed E-state index contributed by atoms with van der Waals surface area (Å²) in [5.74, 6) is 1.39. The Morgan fingerprint density at radius 1 is 1.70 bits per heavy atom. The van der Waals surface area contributed by atoms with Crippen molar-refractivity contribution in [1.82, 2.24) is 9.55 Å². The maximum Gasteiger partial charge on any atom is 0.141 e. The number of aromatic nitrogens is 2. The fourth-order valence-corrected chi connectivity index (χ4v) is 0.913. The lowest BCUT2D eigenvalue weighted by Crippen LogP contribution is -2.06. The van der Waals surface area contributed by atoms with Crippen molar-refractivity contribution < 1.29 is 0 Å². The predicted molar refractivity (Wildman–Crippen MR) is 40.2 cm³/mol. The molecule has 0 unspecified atom stereocenters. The van der Waals surface area contributed by atoms with Gasteiger partial charge in [0.1, 0.15) is 11.6 Å². The van der Waals surface area contributed by atoms with Gasteiger partial charge in [0.05, 0.1) is 6.54 Å². The summed E-state index contributed by atoms with van der Waals surface area (Å²) in [6.45, 7) is 3.35. The molecule has 0 aliphatic heterocycles. The first kappa shape index (κ1) is 7.08. The van der Waals surface area contributed by atoms with E-state index in [1.165, 1.54) is 0 Å². The summed E-state index contributed by atoms with van der Waals surface area (Å²) in [6.07, 6.45) is 1.79. The number of hydrogen-bond acceptors (Lipinski definition) is 3. The lowest BCUT2D eigenvalue weighted by molar-refractivity contribution is 0.698. The number of hydrogen-bond donors (Lipinski definition) is 2. The lowest BCUT2D eigenvalue weighted by atomic mass is 10.6. The zero-order valence-electron chi connectivity index (χ0n) is 6.04. The van der Waals surface area contributed by atoms with Crippen molar-refractivity contribution in [1.29, 1.82) is 0 Å². The molecule has 0 aliphatic rings. The summed E-state index contributed by atoms with van der Waals surface area (Å²) in [6, 6.07) is 0. The molecule has 0 saturated carbocycles. The van der Waals surface area contributed by atoms with Gasteiger partial charge in [-0.3, -0.25) is 0 Å². The largest absolute Gasteiger partial charge is 0.382 e. The fraction of sp³-hybridized carbons (Fsp3) is 0.500. The van der Waals surface area contributed by atoms with E-state index >= 15 is 0 Å². The predicted octanol–water partition coefficient (Wildman–Crippen LogP) is -0.0561. The van der Waals surface area contributed by atoms with Crippen molar-refractivity contribution in [3.05, 3.63) is 12.0 Å². The molecule has 1 aromatic heterocycles. The Kier molecular flexibility index (Phi) is 1.91. The molecule has 0 spiro atoms. The normalized spacial score (nSPS) is 10.2. The number of nitrogen functional groups attached to an aromatic ring is 1. The van der Waals surface area contributed by atoms with E-state index in [4.69, 9.17) is 11.5 Å². The zero-order chi connectivity index (χ0) is 7.56. The highest BCUT2D eigenvalue weighted by molar-refractivity contribution is 5.25. The number of anilines is 1. The van der Waals surface area contributed by atoms with Gasteiger partial charge in [0.15, 0.2) is 0 Å². The molecule has 1 aromatic rings. The van der Waals surface area contributed by atoms with Crippen LogP contribution in [0.2, 0.25) is 0 Å². The number of nitrogens with two attached hydrogens (primary N) is 2. The molecular weight excluding hydrogens is 128 g/mol. The molecular formula is C6H12N4. The van der Waals surface area contributed by atoms with E-state index in [-0.39, 0.29) is 0 Å².